The van der Waals surface area contributed by atoms with Gasteiger partial charge in [0.2, 0.25) is 0 Å². The Hall–Kier alpha value is -3.41. The highest BCUT2D eigenvalue weighted by atomic mass is 16.5. The highest BCUT2D eigenvalue weighted by molar-refractivity contribution is 6.08. The lowest BCUT2D eigenvalue weighted by atomic mass is 9.71. The number of methoxy groups -OCH3 is 1. The Morgan fingerprint density at radius 1 is 1.09 bits per heavy atom. The second-order valence-corrected chi connectivity index (χ2v) is 8.28. The topological polar surface area (TPSA) is 74.2 Å². The van der Waals surface area contributed by atoms with E-state index in [1.165, 1.54) is 0 Å². The maximum Gasteiger partial charge on any atom is 0.315 e. The first-order valence-electron chi connectivity index (χ1n) is 11.4. The van der Waals surface area contributed by atoms with Gasteiger partial charge in [0.1, 0.15) is 12.5 Å². The molecule has 0 saturated heterocycles. The summed E-state index contributed by atoms with van der Waals surface area (Å²) in [5.41, 5.74) is 3.96. The van der Waals surface area contributed by atoms with E-state index in [2.05, 4.69) is 4.99 Å². The van der Waals surface area contributed by atoms with Crippen LogP contribution in [0.25, 0.3) is 0 Å². The van der Waals surface area contributed by atoms with Crippen molar-refractivity contribution in [1.29, 1.82) is 0 Å². The maximum atomic E-state index is 13.0. The molecule has 1 aliphatic heterocycles. The molecule has 6 heteroatoms. The maximum absolute atomic E-state index is 13.0. The Morgan fingerprint density at radius 3 is 2.61 bits per heavy atom. The molecule has 2 atom stereocenters. The molecule has 1 aliphatic carbocycles. The lowest BCUT2D eigenvalue weighted by Gasteiger charge is -2.34. The molecule has 0 saturated carbocycles. The first kappa shape index (κ1) is 22.8. The molecule has 0 radical (unpaired) electrons. The fourth-order valence-corrected chi connectivity index (χ4v) is 4.64. The number of carbonyl (C=O) groups is 2. The van der Waals surface area contributed by atoms with Gasteiger partial charge in [0, 0.05) is 29.3 Å². The van der Waals surface area contributed by atoms with Crippen LogP contribution in [0.1, 0.15) is 50.2 Å². The van der Waals surface area contributed by atoms with Crippen molar-refractivity contribution in [2.45, 2.75) is 45.6 Å². The standard InChI is InChI=1S/C27H29NO5/c1-4-32-27(30)24-17(2)28-20-11-8-12-21(29)26(20)25(24)19-13-14-22(23(15-19)31-3)33-16-18-9-6-5-7-10-18/h5-7,9-10,13-15,24-25H,4,8,11-12,16H2,1-3H3/t24?,25-/m0/s1. The van der Waals surface area contributed by atoms with Crippen LogP contribution >= 0.6 is 0 Å². The molecule has 0 amide bonds. The predicted molar refractivity (Wildman–Crippen MR) is 126 cm³/mol. The van der Waals surface area contributed by atoms with Crippen LogP contribution in [-0.2, 0) is 20.9 Å². The van der Waals surface area contributed by atoms with Crippen molar-refractivity contribution in [3.05, 3.63) is 70.9 Å². The number of ketones is 1. The lowest BCUT2D eigenvalue weighted by Crippen LogP contribution is -2.37. The molecule has 2 aromatic carbocycles. The van der Waals surface area contributed by atoms with Crippen molar-refractivity contribution in [3.8, 4) is 11.5 Å². The van der Waals surface area contributed by atoms with E-state index in [0.29, 0.717) is 35.8 Å². The molecule has 1 unspecified atom stereocenters. The van der Waals surface area contributed by atoms with Crippen LogP contribution in [0.3, 0.4) is 0 Å². The Labute approximate surface area is 194 Å². The van der Waals surface area contributed by atoms with E-state index >= 15 is 0 Å². The molecule has 1 heterocycles. The third kappa shape index (κ3) is 4.70. The number of carbonyl (C=O) groups excluding carboxylic acids is 2. The molecule has 0 N–H and O–H groups in total. The monoisotopic (exact) mass is 447 g/mol. The van der Waals surface area contributed by atoms with Crippen molar-refractivity contribution in [2.24, 2.45) is 10.9 Å². The summed E-state index contributed by atoms with van der Waals surface area (Å²) in [6.45, 7) is 4.29. The average molecular weight is 448 g/mol. The van der Waals surface area contributed by atoms with Crippen LogP contribution in [0.2, 0.25) is 0 Å². The zero-order chi connectivity index (χ0) is 23.4. The van der Waals surface area contributed by atoms with Crippen LogP contribution in [0.4, 0.5) is 0 Å². The number of allylic oxidation sites excluding steroid dienone is 2. The highest BCUT2D eigenvalue weighted by Gasteiger charge is 2.43. The first-order chi connectivity index (χ1) is 16.0. The summed E-state index contributed by atoms with van der Waals surface area (Å²) in [6.07, 6.45) is 1.98. The van der Waals surface area contributed by atoms with Crippen molar-refractivity contribution >= 4 is 17.5 Å². The van der Waals surface area contributed by atoms with Crippen molar-refractivity contribution in [2.75, 3.05) is 13.7 Å². The van der Waals surface area contributed by atoms with Crippen LogP contribution in [0.5, 0.6) is 11.5 Å². The van der Waals surface area contributed by atoms with E-state index in [9.17, 15) is 9.59 Å². The number of Topliss-reactive ketones (excluding diaryl/α,β-unsaturated/α-hetero) is 1. The van der Waals surface area contributed by atoms with Gasteiger partial charge in [-0.1, -0.05) is 36.4 Å². The average Bonchev–Trinajstić information content (AvgIpc) is 2.82. The minimum absolute atomic E-state index is 0.0511. The van der Waals surface area contributed by atoms with Crippen molar-refractivity contribution < 1.29 is 23.8 Å². The van der Waals surface area contributed by atoms with Gasteiger partial charge in [0.15, 0.2) is 17.3 Å². The fourth-order valence-electron chi connectivity index (χ4n) is 4.64. The van der Waals surface area contributed by atoms with Crippen molar-refractivity contribution in [3.63, 3.8) is 0 Å². The van der Waals surface area contributed by atoms with Crippen LogP contribution in [0.15, 0.2) is 64.8 Å². The zero-order valence-electron chi connectivity index (χ0n) is 19.3. The van der Waals surface area contributed by atoms with Gasteiger partial charge in [-0.15, -0.1) is 0 Å². The molecular formula is C27H29NO5. The van der Waals surface area contributed by atoms with Crippen molar-refractivity contribution in [1.82, 2.24) is 0 Å². The third-order valence-corrected chi connectivity index (χ3v) is 6.16. The van der Waals surface area contributed by atoms with Crippen LogP contribution in [0, 0.1) is 5.92 Å². The smallest absolute Gasteiger partial charge is 0.315 e. The number of benzene rings is 2. The molecular weight excluding hydrogens is 418 g/mol. The Balaban J connectivity index is 1.72. The second-order valence-electron chi connectivity index (χ2n) is 8.28. The number of nitrogens with zero attached hydrogens (tertiary/aromatic N) is 1. The summed E-state index contributed by atoms with van der Waals surface area (Å²) in [5, 5.41) is 0. The number of rotatable bonds is 7. The molecule has 0 aromatic heterocycles. The van der Waals surface area contributed by atoms with Gasteiger partial charge in [0.25, 0.3) is 0 Å². The fraction of sp³-hybridized carbons (Fsp3) is 0.370. The van der Waals surface area contributed by atoms with Gasteiger partial charge in [0.05, 0.1) is 13.7 Å². The number of ether oxygens (including phenoxy) is 3. The predicted octanol–water partition coefficient (Wildman–Crippen LogP) is 5.02. The van der Waals surface area contributed by atoms with E-state index in [0.717, 1.165) is 29.7 Å². The molecule has 2 aromatic rings. The summed E-state index contributed by atoms with van der Waals surface area (Å²) in [7, 11) is 1.58. The van der Waals surface area contributed by atoms with E-state index in [4.69, 9.17) is 14.2 Å². The van der Waals surface area contributed by atoms with E-state index in [1.54, 1.807) is 14.0 Å². The van der Waals surface area contributed by atoms with Gasteiger partial charge in [-0.2, -0.15) is 0 Å². The Kier molecular flexibility index (Phi) is 6.92. The molecule has 33 heavy (non-hydrogen) atoms. The van der Waals surface area contributed by atoms with Gasteiger partial charge in [-0.05, 0) is 49.9 Å². The van der Waals surface area contributed by atoms with Gasteiger partial charge >= 0.3 is 5.97 Å². The largest absolute Gasteiger partial charge is 0.493 e. The van der Waals surface area contributed by atoms with Gasteiger partial charge in [-0.25, -0.2) is 0 Å². The molecule has 0 spiro atoms. The van der Waals surface area contributed by atoms with Gasteiger partial charge in [-0.3, -0.25) is 14.6 Å². The quantitative estimate of drug-likeness (QED) is 0.557. The highest BCUT2D eigenvalue weighted by Crippen LogP contribution is 2.45. The minimum atomic E-state index is -0.647. The summed E-state index contributed by atoms with van der Waals surface area (Å²) >= 11 is 0. The van der Waals surface area contributed by atoms with Crippen LogP contribution in [-0.4, -0.2) is 31.2 Å². The van der Waals surface area contributed by atoms with Crippen LogP contribution < -0.4 is 9.47 Å². The second kappa shape index (κ2) is 10.0. The molecule has 4 rings (SSSR count). The summed E-state index contributed by atoms with van der Waals surface area (Å²) in [6, 6.07) is 15.5. The molecule has 0 fully saturated rings. The first-order valence-corrected chi connectivity index (χ1v) is 11.4. The Morgan fingerprint density at radius 2 is 1.88 bits per heavy atom. The minimum Gasteiger partial charge on any atom is -0.493 e. The van der Waals surface area contributed by atoms with Gasteiger partial charge < -0.3 is 14.2 Å². The third-order valence-electron chi connectivity index (χ3n) is 6.16. The zero-order valence-corrected chi connectivity index (χ0v) is 19.3. The normalized spacial score (nSPS) is 20.1. The molecule has 172 valence electrons. The lowest BCUT2D eigenvalue weighted by molar-refractivity contribution is -0.146. The Bertz CT molecular complexity index is 1100. The summed E-state index contributed by atoms with van der Waals surface area (Å²) in [4.78, 5) is 30.6. The van der Waals surface area contributed by atoms with E-state index in [1.807, 2.05) is 55.5 Å². The number of hydrogen-bond donors (Lipinski definition) is 0. The SMILES string of the molecule is CCOC(=O)C1C(C)=NC2=C(C(=O)CCC2)[C@H]1c1ccc(OCc2ccccc2)c(OC)c1. The number of esters is 1. The molecule has 0 bridgehead atoms. The number of aliphatic imine (C=N–C) groups is 1. The number of hydrogen-bond acceptors (Lipinski definition) is 6. The summed E-state index contributed by atoms with van der Waals surface area (Å²) < 4.78 is 17.0. The van der Waals surface area contributed by atoms with E-state index < -0.39 is 11.8 Å². The molecule has 2 aliphatic rings. The summed E-state index contributed by atoms with van der Waals surface area (Å²) in [5.74, 6) is -0.264. The molecule has 6 nitrogen and oxygen atoms in total. The van der Waals surface area contributed by atoms with E-state index in [-0.39, 0.29) is 18.4 Å².